The van der Waals surface area contributed by atoms with E-state index in [9.17, 15) is 5.11 Å². The first-order valence-corrected chi connectivity index (χ1v) is 8.86. The average Bonchev–Trinajstić information content (AvgIpc) is 2.54. The molecule has 0 spiro atoms. The lowest BCUT2D eigenvalue weighted by molar-refractivity contribution is 0.200. The van der Waals surface area contributed by atoms with Gasteiger partial charge in [-0.2, -0.15) is 0 Å². The SMILES string of the molecule is Cc1cccc(C)c1-c1cccc(-c2c(C)cccc2C)c1C(C)O. The smallest absolute Gasteiger partial charge is 0.0773 e. The lowest BCUT2D eigenvalue weighted by atomic mass is 9.84. The summed E-state index contributed by atoms with van der Waals surface area (Å²) in [5.74, 6) is 0. The van der Waals surface area contributed by atoms with Crippen LogP contribution in [0.15, 0.2) is 54.6 Å². The molecule has 0 aliphatic heterocycles. The number of rotatable bonds is 3. The fourth-order valence-electron chi connectivity index (χ4n) is 3.93. The minimum atomic E-state index is -0.538. The van der Waals surface area contributed by atoms with E-state index in [2.05, 4.69) is 82.3 Å². The van der Waals surface area contributed by atoms with Gasteiger partial charge in [-0.15, -0.1) is 0 Å². The predicted molar refractivity (Wildman–Crippen MR) is 107 cm³/mol. The molecule has 128 valence electrons. The van der Waals surface area contributed by atoms with E-state index in [1.807, 2.05) is 6.92 Å². The summed E-state index contributed by atoms with van der Waals surface area (Å²) in [7, 11) is 0. The normalized spacial score (nSPS) is 12.2. The molecule has 0 bridgehead atoms. The van der Waals surface area contributed by atoms with Crippen LogP contribution >= 0.6 is 0 Å². The molecule has 1 atom stereocenters. The summed E-state index contributed by atoms with van der Waals surface area (Å²) in [4.78, 5) is 0. The van der Waals surface area contributed by atoms with Gasteiger partial charge < -0.3 is 5.11 Å². The fraction of sp³-hybridized carbons (Fsp3) is 0.250. The van der Waals surface area contributed by atoms with Crippen molar-refractivity contribution in [2.75, 3.05) is 0 Å². The molecular weight excluding hydrogens is 304 g/mol. The maximum atomic E-state index is 10.7. The highest BCUT2D eigenvalue weighted by atomic mass is 16.3. The van der Waals surface area contributed by atoms with Crippen LogP contribution in [0, 0.1) is 27.7 Å². The number of aliphatic hydroxyl groups is 1. The van der Waals surface area contributed by atoms with Gasteiger partial charge in [0.15, 0.2) is 0 Å². The van der Waals surface area contributed by atoms with Gasteiger partial charge in [0.05, 0.1) is 6.10 Å². The first-order chi connectivity index (χ1) is 11.9. The third kappa shape index (κ3) is 3.12. The van der Waals surface area contributed by atoms with E-state index in [0.29, 0.717) is 0 Å². The van der Waals surface area contributed by atoms with Crippen molar-refractivity contribution in [1.29, 1.82) is 0 Å². The molecule has 1 unspecified atom stereocenters. The molecule has 0 saturated heterocycles. The number of aliphatic hydroxyl groups excluding tert-OH is 1. The molecule has 0 aliphatic rings. The third-order valence-corrected chi connectivity index (χ3v) is 5.02. The summed E-state index contributed by atoms with van der Waals surface area (Å²) in [6.45, 7) is 10.4. The summed E-state index contributed by atoms with van der Waals surface area (Å²) in [5.41, 5.74) is 10.7. The summed E-state index contributed by atoms with van der Waals surface area (Å²) < 4.78 is 0. The Morgan fingerprint density at radius 3 is 1.24 bits per heavy atom. The van der Waals surface area contributed by atoms with E-state index < -0.39 is 6.10 Å². The Balaban J connectivity index is 2.38. The monoisotopic (exact) mass is 330 g/mol. The maximum absolute atomic E-state index is 10.7. The van der Waals surface area contributed by atoms with Gasteiger partial charge in [0.2, 0.25) is 0 Å². The van der Waals surface area contributed by atoms with Crippen LogP contribution in [0.25, 0.3) is 22.3 Å². The van der Waals surface area contributed by atoms with Crippen molar-refractivity contribution >= 4 is 0 Å². The Morgan fingerprint density at radius 2 is 0.920 bits per heavy atom. The van der Waals surface area contributed by atoms with Crippen LogP contribution in [-0.4, -0.2) is 5.11 Å². The van der Waals surface area contributed by atoms with Crippen molar-refractivity contribution in [3.05, 3.63) is 82.4 Å². The third-order valence-electron chi connectivity index (χ3n) is 5.02. The first kappa shape index (κ1) is 17.4. The molecule has 0 fully saturated rings. The lowest BCUT2D eigenvalue weighted by Gasteiger charge is -2.22. The quantitative estimate of drug-likeness (QED) is 0.597. The zero-order valence-corrected chi connectivity index (χ0v) is 15.7. The molecule has 3 aromatic rings. The Kier molecular flexibility index (Phi) is 4.78. The number of hydrogen-bond donors (Lipinski definition) is 1. The summed E-state index contributed by atoms with van der Waals surface area (Å²) in [5, 5.41) is 10.7. The van der Waals surface area contributed by atoms with Crippen LogP contribution in [0.3, 0.4) is 0 Å². The van der Waals surface area contributed by atoms with E-state index in [1.54, 1.807) is 0 Å². The van der Waals surface area contributed by atoms with Gasteiger partial charge in [0.25, 0.3) is 0 Å². The molecule has 1 nitrogen and oxygen atoms in total. The Bertz CT molecular complexity index is 809. The van der Waals surface area contributed by atoms with Crippen molar-refractivity contribution in [3.8, 4) is 22.3 Å². The molecule has 3 aromatic carbocycles. The van der Waals surface area contributed by atoms with Crippen molar-refractivity contribution in [2.45, 2.75) is 40.7 Å². The minimum absolute atomic E-state index is 0.538. The van der Waals surface area contributed by atoms with Gasteiger partial charge in [0.1, 0.15) is 0 Å². The Labute approximate surface area is 151 Å². The molecule has 3 rings (SSSR count). The van der Waals surface area contributed by atoms with Crippen LogP contribution < -0.4 is 0 Å². The highest BCUT2D eigenvalue weighted by Gasteiger charge is 2.19. The van der Waals surface area contributed by atoms with Crippen LogP contribution in [0.1, 0.15) is 40.8 Å². The van der Waals surface area contributed by atoms with Gasteiger partial charge in [-0.1, -0.05) is 54.6 Å². The number of hydrogen-bond acceptors (Lipinski definition) is 1. The summed E-state index contributed by atoms with van der Waals surface area (Å²) in [6, 6.07) is 19.1. The van der Waals surface area contributed by atoms with Crippen LogP contribution in [0.4, 0.5) is 0 Å². The van der Waals surface area contributed by atoms with E-state index in [4.69, 9.17) is 0 Å². The zero-order chi connectivity index (χ0) is 18.1. The molecule has 0 amide bonds. The van der Waals surface area contributed by atoms with Gasteiger partial charge in [-0.3, -0.25) is 0 Å². The van der Waals surface area contributed by atoms with Crippen molar-refractivity contribution < 1.29 is 5.11 Å². The van der Waals surface area contributed by atoms with Crippen molar-refractivity contribution in [2.24, 2.45) is 0 Å². The van der Waals surface area contributed by atoms with Crippen molar-refractivity contribution in [1.82, 2.24) is 0 Å². The van der Waals surface area contributed by atoms with Gasteiger partial charge >= 0.3 is 0 Å². The summed E-state index contributed by atoms with van der Waals surface area (Å²) >= 11 is 0. The van der Waals surface area contributed by atoms with Crippen LogP contribution in [0.5, 0.6) is 0 Å². The second kappa shape index (κ2) is 6.85. The molecule has 1 N–H and O–H groups in total. The molecule has 0 saturated carbocycles. The highest BCUT2D eigenvalue weighted by Crippen LogP contribution is 2.40. The fourth-order valence-corrected chi connectivity index (χ4v) is 3.93. The second-order valence-corrected chi connectivity index (χ2v) is 6.98. The van der Waals surface area contributed by atoms with E-state index >= 15 is 0 Å². The lowest BCUT2D eigenvalue weighted by Crippen LogP contribution is -2.02. The molecule has 0 radical (unpaired) electrons. The largest absolute Gasteiger partial charge is 0.389 e. The van der Waals surface area contributed by atoms with Crippen LogP contribution in [0.2, 0.25) is 0 Å². The predicted octanol–water partition coefficient (Wildman–Crippen LogP) is 6.31. The number of aryl methyl sites for hydroxylation is 4. The van der Waals surface area contributed by atoms with Gasteiger partial charge in [-0.25, -0.2) is 0 Å². The van der Waals surface area contributed by atoms with E-state index in [1.165, 1.54) is 33.4 Å². The molecule has 25 heavy (non-hydrogen) atoms. The van der Waals surface area contributed by atoms with Gasteiger partial charge in [0, 0.05) is 0 Å². The molecule has 1 heteroatoms. The Morgan fingerprint density at radius 1 is 0.600 bits per heavy atom. The number of benzene rings is 3. The second-order valence-electron chi connectivity index (χ2n) is 6.98. The first-order valence-electron chi connectivity index (χ1n) is 8.86. The van der Waals surface area contributed by atoms with Gasteiger partial charge in [-0.05, 0) is 84.7 Å². The molecule has 0 aromatic heterocycles. The van der Waals surface area contributed by atoms with Crippen LogP contribution in [-0.2, 0) is 0 Å². The highest BCUT2D eigenvalue weighted by molar-refractivity contribution is 5.84. The summed E-state index contributed by atoms with van der Waals surface area (Å²) in [6.07, 6.45) is -0.538. The van der Waals surface area contributed by atoms with E-state index in [0.717, 1.165) is 16.7 Å². The standard InChI is InChI=1S/C24H26O/c1-15-9-6-10-16(2)22(15)20-13-8-14-21(24(20)19(5)25)23-17(3)11-7-12-18(23)4/h6-14,19,25H,1-5H3. The van der Waals surface area contributed by atoms with Crippen molar-refractivity contribution in [3.63, 3.8) is 0 Å². The molecular formula is C24H26O. The molecule has 0 heterocycles. The zero-order valence-electron chi connectivity index (χ0n) is 15.7. The minimum Gasteiger partial charge on any atom is -0.389 e. The molecule has 0 aliphatic carbocycles. The topological polar surface area (TPSA) is 20.2 Å². The van der Waals surface area contributed by atoms with E-state index in [-0.39, 0.29) is 0 Å². The average molecular weight is 330 g/mol. The maximum Gasteiger partial charge on any atom is 0.0773 e. The Hall–Kier alpha value is -2.38.